The van der Waals surface area contributed by atoms with Crippen LogP contribution in [0.1, 0.15) is 24.3 Å². The Labute approximate surface area is 132 Å². The van der Waals surface area contributed by atoms with Crippen LogP contribution in [0.5, 0.6) is 0 Å². The minimum absolute atomic E-state index is 0.387. The molecule has 0 saturated carbocycles. The molecule has 0 unspecified atom stereocenters. The zero-order valence-corrected chi connectivity index (χ0v) is 13.2. The van der Waals surface area contributed by atoms with Gasteiger partial charge in [-0.15, -0.1) is 16.4 Å². The lowest BCUT2D eigenvalue weighted by Gasteiger charge is -2.29. The summed E-state index contributed by atoms with van der Waals surface area (Å²) in [4.78, 5) is 0.870. The van der Waals surface area contributed by atoms with Gasteiger partial charge >= 0.3 is 0 Å². The fraction of sp³-hybridized carbons (Fsp3) is 0.267. The second-order valence-electron chi connectivity index (χ2n) is 5.21. The Balaban J connectivity index is 2.16. The maximum absolute atomic E-state index is 12.9. The van der Waals surface area contributed by atoms with Gasteiger partial charge in [-0.25, -0.2) is 0 Å². The molecule has 2 heterocycles. The summed E-state index contributed by atoms with van der Waals surface area (Å²) in [5.74, 6) is 0. The van der Waals surface area contributed by atoms with E-state index >= 15 is 0 Å². The Kier molecular flexibility index (Phi) is 3.53. The predicted octanol–water partition coefficient (Wildman–Crippen LogP) is 3.67. The molecule has 4 nitrogen and oxygen atoms in total. The molecule has 0 radical (unpaired) electrons. The zero-order chi connectivity index (χ0) is 15.2. The standard InChI is InChI=1S/C15H15ClN2O2S/c1-10-14(13-4-3-9-21-13)18(20)15(2,17(10)19)11-5-7-12(16)8-6-11/h3-10,19H,1-2H3/t10-,15-/m1/s1. The van der Waals surface area contributed by atoms with Crippen molar-refractivity contribution in [3.63, 3.8) is 0 Å². The number of hydrogen-bond acceptors (Lipinski definition) is 4. The summed E-state index contributed by atoms with van der Waals surface area (Å²) in [6.45, 7) is 3.53. The van der Waals surface area contributed by atoms with Gasteiger partial charge in [0, 0.05) is 17.5 Å². The lowest BCUT2D eigenvalue weighted by atomic mass is 10.0. The first-order valence-corrected chi connectivity index (χ1v) is 7.84. The van der Waals surface area contributed by atoms with Crippen LogP contribution in [0.25, 0.3) is 0 Å². The van der Waals surface area contributed by atoms with Crippen LogP contribution >= 0.6 is 22.9 Å². The molecule has 0 bridgehead atoms. The molecule has 0 fully saturated rings. The van der Waals surface area contributed by atoms with Crippen molar-refractivity contribution in [2.75, 3.05) is 0 Å². The van der Waals surface area contributed by atoms with Gasteiger partial charge in [0.1, 0.15) is 6.04 Å². The summed E-state index contributed by atoms with van der Waals surface area (Å²) < 4.78 is 0.896. The molecule has 110 valence electrons. The van der Waals surface area contributed by atoms with E-state index in [1.165, 1.54) is 11.3 Å². The number of rotatable bonds is 2. The van der Waals surface area contributed by atoms with Crippen molar-refractivity contribution in [3.8, 4) is 0 Å². The highest BCUT2D eigenvalue weighted by molar-refractivity contribution is 7.12. The quantitative estimate of drug-likeness (QED) is 0.678. The number of benzene rings is 1. The van der Waals surface area contributed by atoms with Gasteiger partial charge in [-0.2, -0.15) is 4.74 Å². The van der Waals surface area contributed by atoms with Crippen LogP contribution in [0.3, 0.4) is 0 Å². The third-order valence-electron chi connectivity index (χ3n) is 3.99. The molecule has 0 amide bonds. The largest absolute Gasteiger partial charge is 0.622 e. The summed E-state index contributed by atoms with van der Waals surface area (Å²) in [6.07, 6.45) is 0. The molecule has 1 aliphatic rings. The minimum Gasteiger partial charge on any atom is -0.622 e. The first-order valence-electron chi connectivity index (χ1n) is 6.58. The fourth-order valence-electron chi connectivity index (χ4n) is 2.74. The Morgan fingerprint density at radius 3 is 2.57 bits per heavy atom. The highest BCUT2D eigenvalue weighted by atomic mass is 35.5. The van der Waals surface area contributed by atoms with Crippen LogP contribution < -0.4 is 0 Å². The van der Waals surface area contributed by atoms with Crippen molar-refractivity contribution in [3.05, 3.63) is 62.4 Å². The van der Waals surface area contributed by atoms with Crippen LogP contribution in [0, 0.1) is 5.21 Å². The van der Waals surface area contributed by atoms with Crippen molar-refractivity contribution < 1.29 is 9.95 Å². The molecule has 1 aromatic heterocycles. The van der Waals surface area contributed by atoms with E-state index in [4.69, 9.17) is 11.6 Å². The minimum atomic E-state index is -1.16. The summed E-state index contributed by atoms with van der Waals surface area (Å²) in [5.41, 5.74) is 0.108. The molecule has 2 atom stereocenters. The fourth-order valence-corrected chi connectivity index (χ4v) is 3.70. The van der Waals surface area contributed by atoms with Crippen LogP contribution in [0.2, 0.25) is 5.02 Å². The molecule has 1 aromatic carbocycles. The Hall–Kier alpha value is -1.40. The SMILES string of the molecule is C[C@@H]1C(c2cccs2)=[N+]([O-])[C@](C)(c2ccc(Cl)cc2)N1O. The van der Waals surface area contributed by atoms with E-state index in [0.29, 0.717) is 16.3 Å². The molecule has 2 aromatic rings. The average molecular weight is 323 g/mol. The molecule has 6 heteroatoms. The van der Waals surface area contributed by atoms with Crippen LogP contribution in [0.15, 0.2) is 41.8 Å². The van der Waals surface area contributed by atoms with Crippen LogP contribution in [-0.2, 0) is 5.66 Å². The lowest BCUT2D eigenvalue weighted by molar-refractivity contribution is -0.595. The smallest absolute Gasteiger partial charge is 0.274 e. The van der Waals surface area contributed by atoms with E-state index < -0.39 is 5.66 Å². The first-order chi connectivity index (χ1) is 9.96. The third-order valence-corrected chi connectivity index (χ3v) is 5.13. The number of hydrogen-bond donors (Lipinski definition) is 1. The number of thiophene rings is 1. The van der Waals surface area contributed by atoms with E-state index in [1.807, 2.05) is 24.4 Å². The molecule has 3 rings (SSSR count). The number of halogens is 1. The molecule has 21 heavy (non-hydrogen) atoms. The second kappa shape index (κ2) is 5.10. The van der Waals surface area contributed by atoms with Crippen molar-refractivity contribution in [2.45, 2.75) is 25.6 Å². The number of hydroxylamine groups is 3. The van der Waals surface area contributed by atoms with Crippen molar-refractivity contribution in [1.82, 2.24) is 5.06 Å². The monoisotopic (exact) mass is 322 g/mol. The maximum atomic E-state index is 12.9. The molecular weight excluding hydrogens is 308 g/mol. The summed E-state index contributed by atoms with van der Waals surface area (Å²) in [6, 6.07) is 10.4. The van der Waals surface area contributed by atoms with Gasteiger partial charge < -0.3 is 10.4 Å². The van der Waals surface area contributed by atoms with Crippen LogP contribution in [0.4, 0.5) is 0 Å². The van der Waals surface area contributed by atoms with Gasteiger partial charge in [0.25, 0.3) is 5.66 Å². The summed E-state index contributed by atoms with van der Waals surface area (Å²) in [7, 11) is 0. The van der Waals surface area contributed by atoms with Gasteiger partial charge in [0.2, 0.25) is 5.71 Å². The topological polar surface area (TPSA) is 49.5 Å². The molecule has 1 aliphatic heterocycles. The van der Waals surface area contributed by atoms with E-state index in [0.717, 1.165) is 14.7 Å². The Morgan fingerprint density at radius 2 is 2.00 bits per heavy atom. The van der Waals surface area contributed by atoms with E-state index in [-0.39, 0.29) is 6.04 Å². The van der Waals surface area contributed by atoms with Crippen LogP contribution in [-0.4, -0.2) is 26.8 Å². The molecule has 1 N–H and O–H groups in total. The van der Waals surface area contributed by atoms with Gasteiger partial charge in [-0.3, -0.25) is 0 Å². The highest BCUT2D eigenvalue weighted by Gasteiger charge is 2.54. The predicted molar refractivity (Wildman–Crippen MR) is 83.9 cm³/mol. The first kappa shape index (κ1) is 14.5. The van der Waals surface area contributed by atoms with Gasteiger partial charge in [0.15, 0.2) is 0 Å². The van der Waals surface area contributed by atoms with Gasteiger partial charge in [-0.1, -0.05) is 17.7 Å². The Bertz CT molecular complexity index is 684. The van der Waals surface area contributed by atoms with E-state index in [9.17, 15) is 10.4 Å². The van der Waals surface area contributed by atoms with E-state index in [1.54, 1.807) is 31.2 Å². The molecule has 0 spiro atoms. The second-order valence-corrected chi connectivity index (χ2v) is 6.59. The van der Waals surface area contributed by atoms with Crippen molar-refractivity contribution >= 4 is 28.6 Å². The summed E-state index contributed by atoms with van der Waals surface area (Å²) in [5, 5.41) is 27.0. The number of nitrogens with zero attached hydrogens (tertiary/aromatic N) is 2. The molecule has 0 aliphatic carbocycles. The van der Waals surface area contributed by atoms with E-state index in [2.05, 4.69) is 0 Å². The Morgan fingerprint density at radius 1 is 1.33 bits per heavy atom. The van der Waals surface area contributed by atoms with Gasteiger partial charge in [0.05, 0.1) is 4.88 Å². The third kappa shape index (κ3) is 2.08. The van der Waals surface area contributed by atoms with Crippen molar-refractivity contribution in [1.29, 1.82) is 0 Å². The molecular formula is C15H15ClN2O2S. The van der Waals surface area contributed by atoms with Gasteiger partial charge in [-0.05, 0) is 42.6 Å². The lowest BCUT2D eigenvalue weighted by Crippen LogP contribution is -2.45. The van der Waals surface area contributed by atoms with Crippen molar-refractivity contribution in [2.24, 2.45) is 0 Å². The normalized spacial score (nSPS) is 26.6. The highest BCUT2D eigenvalue weighted by Crippen LogP contribution is 2.37. The average Bonchev–Trinajstić information content (AvgIpc) is 3.04. The zero-order valence-electron chi connectivity index (χ0n) is 11.7. The maximum Gasteiger partial charge on any atom is 0.274 e. The molecule has 0 saturated heterocycles. The summed E-state index contributed by atoms with van der Waals surface area (Å²) >= 11 is 7.39.